The Kier molecular flexibility index (Phi) is 5.70. The number of methoxy groups -OCH3 is 1. The Balaban J connectivity index is 2.33. The summed E-state index contributed by atoms with van der Waals surface area (Å²) in [5.41, 5.74) is 1.65. The Bertz CT molecular complexity index is 696. The van der Waals surface area contributed by atoms with Crippen molar-refractivity contribution in [1.82, 2.24) is 20.2 Å². The van der Waals surface area contributed by atoms with E-state index < -0.39 is 0 Å². The number of nitrogens with zero attached hydrogens (tertiary/aromatic N) is 2. The Hall–Kier alpha value is -2.41. The Morgan fingerprint density at radius 3 is 2.74 bits per heavy atom. The third-order valence-electron chi connectivity index (χ3n) is 3.40. The van der Waals surface area contributed by atoms with Gasteiger partial charge in [-0.15, -0.1) is 0 Å². The Morgan fingerprint density at radius 1 is 1.30 bits per heavy atom. The van der Waals surface area contributed by atoms with E-state index in [-0.39, 0.29) is 31.0 Å². The van der Waals surface area contributed by atoms with E-state index in [9.17, 15) is 9.59 Å². The van der Waals surface area contributed by atoms with E-state index in [1.165, 1.54) is 7.11 Å². The third kappa shape index (κ3) is 4.07. The van der Waals surface area contributed by atoms with Crippen LogP contribution in [0.3, 0.4) is 0 Å². The molecule has 2 rings (SSSR count). The fourth-order valence-corrected chi connectivity index (χ4v) is 2.47. The topological polar surface area (TPSA) is 85.2 Å². The quantitative estimate of drug-likeness (QED) is 0.797. The van der Waals surface area contributed by atoms with Gasteiger partial charge < -0.3 is 19.9 Å². The van der Waals surface area contributed by atoms with Crippen molar-refractivity contribution < 1.29 is 14.3 Å². The molecule has 0 aliphatic rings. The van der Waals surface area contributed by atoms with Gasteiger partial charge >= 0.3 is 0 Å². The number of carbonyl (C=O) groups is 2. The zero-order valence-corrected chi connectivity index (χ0v) is 13.6. The van der Waals surface area contributed by atoms with Gasteiger partial charge in [-0.2, -0.15) is 0 Å². The van der Waals surface area contributed by atoms with Gasteiger partial charge in [0, 0.05) is 13.7 Å². The van der Waals surface area contributed by atoms with Crippen molar-refractivity contribution >= 4 is 22.8 Å². The Labute approximate surface area is 135 Å². The molecular formula is C16H22N4O3. The van der Waals surface area contributed by atoms with Crippen LogP contribution in [-0.2, 0) is 20.9 Å². The molecule has 0 bridgehead atoms. The smallest absolute Gasteiger partial charge is 0.246 e. The molecule has 2 N–H and O–H groups in total. The van der Waals surface area contributed by atoms with Gasteiger partial charge in [-0.1, -0.05) is 12.1 Å². The van der Waals surface area contributed by atoms with Crippen molar-refractivity contribution in [2.45, 2.75) is 26.4 Å². The Morgan fingerprint density at radius 2 is 2.04 bits per heavy atom. The van der Waals surface area contributed by atoms with Crippen molar-refractivity contribution in [3.8, 4) is 0 Å². The summed E-state index contributed by atoms with van der Waals surface area (Å²) in [4.78, 5) is 28.3. The molecule has 1 unspecified atom stereocenters. The van der Waals surface area contributed by atoms with Crippen LogP contribution in [0, 0.1) is 0 Å². The average Bonchev–Trinajstić information content (AvgIpc) is 2.87. The number of nitrogens with one attached hydrogen (secondary N) is 2. The van der Waals surface area contributed by atoms with Gasteiger partial charge in [0.05, 0.1) is 17.1 Å². The van der Waals surface area contributed by atoms with Gasteiger partial charge in [0.15, 0.2) is 0 Å². The summed E-state index contributed by atoms with van der Waals surface area (Å²) in [6, 6.07) is 7.25. The maximum absolute atomic E-state index is 12.0. The molecule has 7 nitrogen and oxygen atoms in total. The second kappa shape index (κ2) is 7.73. The average molecular weight is 318 g/mol. The fraction of sp³-hybridized carbons (Fsp3) is 0.438. The number of fused-ring (bicyclic) bond motifs is 1. The molecule has 0 fully saturated rings. The van der Waals surface area contributed by atoms with Crippen molar-refractivity contribution in [3.05, 3.63) is 30.1 Å². The molecule has 0 saturated heterocycles. The lowest BCUT2D eigenvalue weighted by Crippen LogP contribution is -2.33. The lowest BCUT2D eigenvalue weighted by atomic mass is 10.3. The van der Waals surface area contributed by atoms with E-state index in [0.29, 0.717) is 12.4 Å². The molecule has 1 aromatic heterocycles. The maximum atomic E-state index is 12.0. The highest BCUT2D eigenvalue weighted by molar-refractivity contribution is 5.81. The first-order chi connectivity index (χ1) is 11.1. The lowest BCUT2D eigenvalue weighted by Gasteiger charge is -2.16. The standard InChI is InChI=1S/C16H22N4O3/c1-4-17-14(21)9-20-13-8-6-5-7-12(13)19-16(20)11(2)18-15(22)10-23-3/h5-8,11H,4,9-10H2,1-3H3,(H,17,21)(H,18,22). The van der Waals surface area contributed by atoms with Crippen molar-refractivity contribution in [2.24, 2.45) is 0 Å². The minimum atomic E-state index is -0.334. The van der Waals surface area contributed by atoms with E-state index in [1.54, 1.807) is 0 Å². The highest BCUT2D eigenvalue weighted by Crippen LogP contribution is 2.20. The number of imidazole rings is 1. The highest BCUT2D eigenvalue weighted by atomic mass is 16.5. The molecule has 2 amide bonds. The van der Waals surface area contributed by atoms with Crippen LogP contribution in [0.15, 0.2) is 24.3 Å². The number of amides is 2. The van der Waals surface area contributed by atoms with Crippen LogP contribution in [0.1, 0.15) is 25.7 Å². The number of benzene rings is 1. The molecular weight excluding hydrogens is 296 g/mol. The lowest BCUT2D eigenvalue weighted by molar-refractivity contribution is -0.125. The van der Waals surface area contributed by atoms with Crippen LogP contribution < -0.4 is 10.6 Å². The highest BCUT2D eigenvalue weighted by Gasteiger charge is 2.19. The predicted molar refractivity (Wildman–Crippen MR) is 86.9 cm³/mol. The number of carbonyl (C=O) groups excluding carboxylic acids is 2. The zero-order valence-electron chi connectivity index (χ0n) is 13.6. The van der Waals surface area contributed by atoms with E-state index >= 15 is 0 Å². The fourth-order valence-electron chi connectivity index (χ4n) is 2.47. The molecule has 0 radical (unpaired) electrons. The molecule has 1 heterocycles. The summed E-state index contributed by atoms with van der Waals surface area (Å²) < 4.78 is 6.65. The van der Waals surface area contributed by atoms with Gasteiger partial charge in [0.2, 0.25) is 11.8 Å². The largest absolute Gasteiger partial charge is 0.375 e. The molecule has 23 heavy (non-hydrogen) atoms. The minimum absolute atomic E-state index is 0.0130. The minimum Gasteiger partial charge on any atom is -0.375 e. The van der Waals surface area contributed by atoms with Crippen molar-refractivity contribution in [2.75, 3.05) is 20.3 Å². The molecule has 0 aliphatic heterocycles. The number of aromatic nitrogens is 2. The van der Waals surface area contributed by atoms with E-state index in [4.69, 9.17) is 4.74 Å². The summed E-state index contributed by atoms with van der Waals surface area (Å²) in [5.74, 6) is 0.325. The summed E-state index contributed by atoms with van der Waals surface area (Å²) in [6.45, 7) is 4.43. The van der Waals surface area contributed by atoms with E-state index in [0.717, 1.165) is 11.0 Å². The number of ether oxygens (including phenoxy) is 1. The van der Waals surface area contributed by atoms with Crippen molar-refractivity contribution in [1.29, 1.82) is 0 Å². The monoisotopic (exact) mass is 318 g/mol. The molecule has 0 aliphatic carbocycles. The second-order valence-corrected chi connectivity index (χ2v) is 5.22. The molecule has 1 atom stereocenters. The van der Waals surface area contributed by atoms with Crippen LogP contribution >= 0.6 is 0 Å². The van der Waals surface area contributed by atoms with Crippen LogP contribution in [0.4, 0.5) is 0 Å². The van der Waals surface area contributed by atoms with Gasteiger partial charge in [-0.05, 0) is 26.0 Å². The zero-order chi connectivity index (χ0) is 16.8. The number of hydrogen-bond donors (Lipinski definition) is 2. The third-order valence-corrected chi connectivity index (χ3v) is 3.40. The van der Waals surface area contributed by atoms with Crippen molar-refractivity contribution in [3.63, 3.8) is 0 Å². The number of para-hydroxylation sites is 2. The maximum Gasteiger partial charge on any atom is 0.246 e. The summed E-state index contributed by atoms with van der Waals surface area (Å²) in [7, 11) is 1.47. The van der Waals surface area contributed by atoms with Crippen LogP contribution in [-0.4, -0.2) is 41.6 Å². The number of hydrogen-bond acceptors (Lipinski definition) is 4. The van der Waals surface area contributed by atoms with E-state index in [1.807, 2.05) is 42.7 Å². The van der Waals surface area contributed by atoms with Gasteiger partial charge in [-0.25, -0.2) is 4.98 Å². The summed E-state index contributed by atoms with van der Waals surface area (Å²) in [5, 5.41) is 5.61. The van der Waals surface area contributed by atoms with Gasteiger partial charge in [0.25, 0.3) is 0 Å². The van der Waals surface area contributed by atoms with Crippen LogP contribution in [0.5, 0.6) is 0 Å². The molecule has 7 heteroatoms. The summed E-state index contributed by atoms with van der Waals surface area (Å²) in [6.07, 6.45) is 0. The normalized spacial score (nSPS) is 12.1. The van der Waals surface area contributed by atoms with Crippen LogP contribution in [0.25, 0.3) is 11.0 Å². The van der Waals surface area contributed by atoms with Gasteiger partial charge in [-0.3, -0.25) is 9.59 Å². The predicted octanol–water partition coefficient (Wildman–Crippen LogP) is 0.996. The molecule has 0 saturated carbocycles. The van der Waals surface area contributed by atoms with Gasteiger partial charge in [0.1, 0.15) is 19.0 Å². The second-order valence-electron chi connectivity index (χ2n) is 5.22. The first kappa shape index (κ1) is 17.0. The molecule has 0 spiro atoms. The number of likely N-dealkylation sites (N-methyl/N-ethyl adjacent to an activating group) is 1. The molecule has 124 valence electrons. The molecule has 1 aromatic carbocycles. The number of rotatable bonds is 7. The van der Waals surface area contributed by atoms with Crippen LogP contribution in [0.2, 0.25) is 0 Å². The SMILES string of the molecule is CCNC(=O)Cn1c(C(C)NC(=O)COC)nc2ccccc21. The molecule has 2 aromatic rings. The summed E-state index contributed by atoms with van der Waals surface area (Å²) >= 11 is 0. The first-order valence-corrected chi connectivity index (χ1v) is 7.57. The van der Waals surface area contributed by atoms with E-state index in [2.05, 4.69) is 15.6 Å². The first-order valence-electron chi connectivity index (χ1n) is 7.57.